The van der Waals surface area contributed by atoms with E-state index in [1.807, 2.05) is 78.4 Å². The molecule has 1 aromatic heterocycles. The molecule has 0 radical (unpaired) electrons. The topological polar surface area (TPSA) is 48.6 Å². The lowest BCUT2D eigenvalue weighted by Gasteiger charge is -2.11. The standard InChI is InChI=1S/C22H22N4O/c1-25(2)21-10-8-18(9-11-21)16-23-24-22(27)20-12-14-26(15-13-20)17-19-6-4-3-5-7-19/h3-16H,17H2,1-2H3/p+1. The highest BCUT2D eigenvalue weighted by Crippen LogP contribution is 2.10. The molecule has 1 N–H and O–H groups in total. The second-order valence-corrected chi connectivity index (χ2v) is 6.43. The van der Waals surface area contributed by atoms with Gasteiger partial charge in [-0.05, 0) is 17.7 Å². The Labute approximate surface area is 159 Å². The van der Waals surface area contributed by atoms with Crippen molar-refractivity contribution in [2.24, 2.45) is 5.10 Å². The first-order valence-electron chi connectivity index (χ1n) is 8.75. The van der Waals surface area contributed by atoms with Crippen molar-refractivity contribution < 1.29 is 9.36 Å². The quantitative estimate of drug-likeness (QED) is 0.418. The van der Waals surface area contributed by atoms with E-state index in [-0.39, 0.29) is 5.91 Å². The van der Waals surface area contributed by atoms with Crippen LogP contribution in [0.15, 0.2) is 84.2 Å². The lowest BCUT2D eigenvalue weighted by atomic mass is 10.2. The van der Waals surface area contributed by atoms with E-state index in [2.05, 4.69) is 22.7 Å². The minimum absolute atomic E-state index is 0.233. The first kappa shape index (κ1) is 18.3. The van der Waals surface area contributed by atoms with Gasteiger partial charge in [-0.3, -0.25) is 4.79 Å². The number of aromatic nitrogens is 1. The van der Waals surface area contributed by atoms with Crippen molar-refractivity contribution in [2.75, 3.05) is 19.0 Å². The van der Waals surface area contributed by atoms with Gasteiger partial charge >= 0.3 is 0 Å². The highest BCUT2D eigenvalue weighted by atomic mass is 16.2. The van der Waals surface area contributed by atoms with Crippen LogP contribution in [0.25, 0.3) is 0 Å². The lowest BCUT2D eigenvalue weighted by molar-refractivity contribution is -0.688. The van der Waals surface area contributed by atoms with Crippen LogP contribution in [0, 0.1) is 0 Å². The molecule has 0 unspecified atom stereocenters. The van der Waals surface area contributed by atoms with E-state index in [1.54, 1.807) is 18.3 Å². The van der Waals surface area contributed by atoms with Crippen molar-refractivity contribution in [3.63, 3.8) is 0 Å². The number of hydrogen-bond donors (Lipinski definition) is 1. The molecule has 0 spiro atoms. The zero-order valence-electron chi connectivity index (χ0n) is 15.5. The fraction of sp³-hybridized carbons (Fsp3) is 0.136. The van der Waals surface area contributed by atoms with E-state index in [4.69, 9.17) is 0 Å². The van der Waals surface area contributed by atoms with Crippen LogP contribution in [-0.4, -0.2) is 26.2 Å². The first-order chi connectivity index (χ1) is 13.1. The summed E-state index contributed by atoms with van der Waals surface area (Å²) < 4.78 is 2.03. The Balaban J connectivity index is 1.56. The number of hydrogen-bond acceptors (Lipinski definition) is 3. The Hall–Kier alpha value is -3.47. The van der Waals surface area contributed by atoms with Crippen LogP contribution < -0.4 is 14.9 Å². The summed E-state index contributed by atoms with van der Waals surface area (Å²) in [5.74, 6) is -0.233. The number of nitrogens with zero attached hydrogens (tertiary/aromatic N) is 3. The number of anilines is 1. The molecule has 0 saturated carbocycles. The third-order valence-corrected chi connectivity index (χ3v) is 4.15. The summed E-state index contributed by atoms with van der Waals surface area (Å²) in [7, 11) is 3.99. The number of hydrazone groups is 1. The van der Waals surface area contributed by atoms with Gasteiger partial charge in [0.2, 0.25) is 0 Å². The maximum absolute atomic E-state index is 12.2. The predicted molar refractivity (Wildman–Crippen MR) is 108 cm³/mol. The summed E-state index contributed by atoms with van der Waals surface area (Å²) >= 11 is 0. The van der Waals surface area contributed by atoms with Crippen LogP contribution in [0.2, 0.25) is 0 Å². The molecule has 0 aliphatic heterocycles. The lowest BCUT2D eigenvalue weighted by Crippen LogP contribution is -2.33. The largest absolute Gasteiger partial charge is 0.378 e. The average Bonchev–Trinajstić information content (AvgIpc) is 2.69. The van der Waals surface area contributed by atoms with Gasteiger partial charge in [0.05, 0.1) is 11.8 Å². The fourth-order valence-electron chi connectivity index (χ4n) is 2.60. The maximum Gasteiger partial charge on any atom is 0.271 e. The number of carbonyl (C=O) groups is 1. The van der Waals surface area contributed by atoms with Crippen LogP contribution in [0.3, 0.4) is 0 Å². The van der Waals surface area contributed by atoms with Crippen molar-refractivity contribution >= 4 is 17.8 Å². The molecule has 3 rings (SSSR count). The summed E-state index contributed by atoms with van der Waals surface area (Å²) in [4.78, 5) is 14.2. The highest BCUT2D eigenvalue weighted by Gasteiger charge is 2.08. The SMILES string of the molecule is CN(C)c1ccc(C=NNC(=O)c2cc[n+](Cc3ccccc3)cc2)cc1. The molecular formula is C22H23N4O+. The Bertz CT molecular complexity index is 901. The number of nitrogens with one attached hydrogen (secondary N) is 1. The van der Waals surface area contributed by atoms with Gasteiger partial charge in [0.25, 0.3) is 5.91 Å². The van der Waals surface area contributed by atoms with Gasteiger partial charge in [0.1, 0.15) is 0 Å². The zero-order valence-corrected chi connectivity index (χ0v) is 15.5. The van der Waals surface area contributed by atoms with E-state index in [0.717, 1.165) is 17.8 Å². The average molecular weight is 359 g/mol. The van der Waals surface area contributed by atoms with Crippen molar-refractivity contribution in [3.8, 4) is 0 Å². The zero-order chi connectivity index (χ0) is 19.1. The van der Waals surface area contributed by atoms with E-state index >= 15 is 0 Å². The molecule has 0 saturated heterocycles. The van der Waals surface area contributed by atoms with E-state index in [9.17, 15) is 4.79 Å². The Morgan fingerprint density at radius 1 is 1.00 bits per heavy atom. The van der Waals surface area contributed by atoms with Crippen LogP contribution in [0.1, 0.15) is 21.5 Å². The molecule has 3 aromatic rings. The van der Waals surface area contributed by atoms with Crippen molar-refractivity contribution in [2.45, 2.75) is 6.54 Å². The number of amides is 1. The number of carbonyl (C=O) groups excluding carboxylic acids is 1. The number of pyridine rings is 1. The van der Waals surface area contributed by atoms with E-state index in [1.165, 1.54) is 5.56 Å². The van der Waals surface area contributed by atoms with Crippen molar-refractivity contribution in [1.29, 1.82) is 0 Å². The van der Waals surface area contributed by atoms with Gasteiger partial charge in [-0.25, -0.2) is 9.99 Å². The Kier molecular flexibility index (Phi) is 5.94. The summed E-state index contributed by atoms with van der Waals surface area (Å²) in [6.07, 6.45) is 5.42. The summed E-state index contributed by atoms with van der Waals surface area (Å²) in [6, 6.07) is 21.7. The van der Waals surface area contributed by atoms with Gasteiger partial charge < -0.3 is 4.90 Å². The molecule has 5 heteroatoms. The molecule has 27 heavy (non-hydrogen) atoms. The van der Waals surface area contributed by atoms with Gasteiger partial charge in [-0.15, -0.1) is 0 Å². The molecule has 0 atom stereocenters. The second kappa shape index (κ2) is 8.76. The van der Waals surface area contributed by atoms with Crippen LogP contribution in [0.5, 0.6) is 0 Å². The van der Waals surface area contributed by atoms with Crippen LogP contribution >= 0.6 is 0 Å². The second-order valence-electron chi connectivity index (χ2n) is 6.43. The van der Waals surface area contributed by atoms with Crippen LogP contribution in [0.4, 0.5) is 5.69 Å². The first-order valence-corrected chi connectivity index (χ1v) is 8.75. The summed E-state index contributed by atoms with van der Waals surface area (Å²) in [6.45, 7) is 0.768. The molecule has 136 valence electrons. The minimum atomic E-state index is -0.233. The third-order valence-electron chi connectivity index (χ3n) is 4.15. The number of rotatable bonds is 6. The van der Waals surface area contributed by atoms with Crippen molar-refractivity contribution in [3.05, 3.63) is 95.8 Å². The molecule has 5 nitrogen and oxygen atoms in total. The Morgan fingerprint density at radius 2 is 1.67 bits per heavy atom. The third kappa shape index (κ3) is 5.25. The minimum Gasteiger partial charge on any atom is -0.378 e. The van der Waals surface area contributed by atoms with Crippen molar-refractivity contribution in [1.82, 2.24) is 5.43 Å². The predicted octanol–water partition coefficient (Wildman–Crippen LogP) is 2.85. The van der Waals surface area contributed by atoms with E-state index < -0.39 is 0 Å². The molecule has 1 amide bonds. The Morgan fingerprint density at radius 3 is 2.30 bits per heavy atom. The number of benzene rings is 2. The van der Waals surface area contributed by atoms with Crippen LogP contribution in [-0.2, 0) is 6.54 Å². The smallest absolute Gasteiger partial charge is 0.271 e. The highest BCUT2D eigenvalue weighted by molar-refractivity contribution is 5.94. The van der Waals surface area contributed by atoms with Gasteiger partial charge in [0, 0.05) is 37.5 Å². The van der Waals surface area contributed by atoms with E-state index in [0.29, 0.717) is 5.56 Å². The molecule has 0 aliphatic carbocycles. The van der Waals surface area contributed by atoms with Gasteiger partial charge in [-0.1, -0.05) is 42.5 Å². The normalized spacial score (nSPS) is 10.7. The van der Waals surface area contributed by atoms with Gasteiger partial charge in [-0.2, -0.15) is 5.10 Å². The molecule has 2 aromatic carbocycles. The molecule has 0 fully saturated rings. The molecule has 0 aliphatic rings. The molecule has 0 bridgehead atoms. The maximum atomic E-state index is 12.2. The molecule has 1 heterocycles. The summed E-state index contributed by atoms with van der Waals surface area (Å²) in [5, 5.41) is 4.04. The fourth-order valence-corrected chi connectivity index (χ4v) is 2.60. The molecular weight excluding hydrogens is 336 g/mol. The monoisotopic (exact) mass is 359 g/mol. The summed E-state index contributed by atoms with van der Waals surface area (Å²) in [5.41, 5.74) is 6.39. The van der Waals surface area contributed by atoms with Gasteiger partial charge in [0.15, 0.2) is 18.9 Å².